The van der Waals surface area contributed by atoms with Crippen LogP contribution in [-0.2, 0) is 9.53 Å². The van der Waals surface area contributed by atoms with Crippen LogP contribution in [0.15, 0.2) is 40.3 Å². The van der Waals surface area contributed by atoms with Crippen LogP contribution in [0, 0.1) is 0 Å². The molecule has 0 spiro atoms. The van der Waals surface area contributed by atoms with E-state index in [0.717, 1.165) is 11.8 Å². The lowest BCUT2D eigenvalue weighted by Gasteiger charge is -2.13. The molecule has 0 aliphatic carbocycles. The number of H-pyrrole nitrogens is 1. The molecule has 0 fully saturated rings. The number of hydrogen-bond acceptors (Lipinski definition) is 6. The molecule has 2 N–H and O–H groups in total. The molecule has 7 nitrogen and oxygen atoms in total. The van der Waals surface area contributed by atoms with E-state index in [4.69, 9.17) is 4.74 Å². The number of benzene rings is 1. The summed E-state index contributed by atoms with van der Waals surface area (Å²) in [5, 5.41) is 2.66. The Bertz CT molecular complexity index is 879. The summed E-state index contributed by atoms with van der Waals surface area (Å²) in [4.78, 5) is 43.0. The maximum atomic E-state index is 12.5. The van der Waals surface area contributed by atoms with Gasteiger partial charge in [-0.3, -0.25) is 9.59 Å². The van der Waals surface area contributed by atoms with Crippen LogP contribution in [0.4, 0.5) is 5.69 Å². The normalized spacial score (nSPS) is 11.9. The summed E-state index contributed by atoms with van der Waals surface area (Å²) in [6, 6.07) is 8.01. The van der Waals surface area contributed by atoms with Gasteiger partial charge in [0.15, 0.2) is 5.16 Å². The fourth-order valence-electron chi connectivity index (χ4n) is 2.21. The molecular weight excluding hydrogens is 366 g/mol. The first-order chi connectivity index (χ1) is 12.8. The maximum Gasteiger partial charge on any atom is 0.338 e. The summed E-state index contributed by atoms with van der Waals surface area (Å²) in [5.74, 6) is -0.594. The molecule has 1 aromatic carbocycles. The van der Waals surface area contributed by atoms with Crippen LogP contribution in [0.25, 0.3) is 0 Å². The summed E-state index contributed by atoms with van der Waals surface area (Å²) in [5.41, 5.74) is 1.29. The van der Waals surface area contributed by atoms with E-state index < -0.39 is 11.2 Å². The number of esters is 1. The van der Waals surface area contributed by atoms with Crippen LogP contribution in [0.1, 0.15) is 49.7 Å². The number of nitrogens with zero attached hydrogens (tertiary/aromatic N) is 1. The van der Waals surface area contributed by atoms with Crippen molar-refractivity contribution in [1.29, 1.82) is 0 Å². The Labute approximate surface area is 161 Å². The van der Waals surface area contributed by atoms with Gasteiger partial charge in [-0.15, -0.1) is 0 Å². The molecule has 1 aromatic heterocycles. The van der Waals surface area contributed by atoms with E-state index in [1.54, 1.807) is 38.1 Å². The van der Waals surface area contributed by atoms with Crippen molar-refractivity contribution in [2.45, 2.75) is 44.0 Å². The second-order valence-electron chi connectivity index (χ2n) is 6.18. The van der Waals surface area contributed by atoms with Gasteiger partial charge in [0.1, 0.15) is 0 Å². The van der Waals surface area contributed by atoms with E-state index in [9.17, 15) is 14.4 Å². The van der Waals surface area contributed by atoms with E-state index >= 15 is 0 Å². The number of aromatic nitrogens is 2. The molecule has 8 heteroatoms. The Balaban J connectivity index is 2.07. The number of carbonyl (C=O) groups excluding carboxylic acids is 2. The van der Waals surface area contributed by atoms with Crippen molar-refractivity contribution < 1.29 is 14.3 Å². The standard InChI is InChI=1S/C19H23N3O4S/c1-5-26-18(25)13-7-6-8-14(9-13)20-17(24)12(4)27-19-21-15(11(2)3)10-16(23)22-19/h6-12H,5H2,1-4H3,(H,20,24)(H,21,22,23). The minimum atomic E-state index is -0.498. The first kappa shape index (κ1) is 20.7. The van der Waals surface area contributed by atoms with Crippen LogP contribution in [0.5, 0.6) is 0 Å². The van der Waals surface area contributed by atoms with Gasteiger partial charge in [-0.05, 0) is 38.0 Å². The molecule has 0 aliphatic heterocycles. The quantitative estimate of drug-likeness (QED) is 0.428. The fourth-order valence-corrected chi connectivity index (χ4v) is 3.03. The van der Waals surface area contributed by atoms with Crippen LogP contribution in [-0.4, -0.2) is 33.7 Å². The molecule has 0 saturated heterocycles. The fraction of sp³-hybridized carbons (Fsp3) is 0.368. The Hall–Kier alpha value is -2.61. The van der Waals surface area contributed by atoms with E-state index in [2.05, 4.69) is 15.3 Å². The third-order valence-electron chi connectivity index (χ3n) is 3.63. The third-order valence-corrected chi connectivity index (χ3v) is 4.61. The van der Waals surface area contributed by atoms with Gasteiger partial charge >= 0.3 is 5.97 Å². The molecule has 0 radical (unpaired) electrons. The van der Waals surface area contributed by atoms with Gasteiger partial charge in [-0.2, -0.15) is 0 Å². The monoisotopic (exact) mass is 389 g/mol. The molecule has 0 bridgehead atoms. The first-order valence-electron chi connectivity index (χ1n) is 8.66. The number of anilines is 1. The van der Waals surface area contributed by atoms with Gasteiger partial charge < -0.3 is 15.0 Å². The highest BCUT2D eigenvalue weighted by atomic mass is 32.2. The van der Waals surface area contributed by atoms with Gasteiger partial charge in [0.05, 0.1) is 23.1 Å². The van der Waals surface area contributed by atoms with Crippen LogP contribution in [0.3, 0.4) is 0 Å². The largest absolute Gasteiger partial charge is 0.462 e. The summed E-state index contributed by atoms with van der Waals surface area (Å²) in [7, 11) is 0. The number of amides is 1. The van der Waals surface area contributed by atoms with E-state index in [1.807, 2.05) is 13.8 Å². The second-order valence-corrected chi connectivity index (χ2v) is 7.51. The zero-order valence-corrected chi connectivity index (χ0v) is 16.6. The Morgan fingerprint density at radius 2 is 2.00 bits per heavy atom. The SMILES string of the molecule is CCOC(=O)c1cccc(NC(=O)C(C)Sc2nc(C(C)C)cc(=O)[nH]2)c1. The van der Waals surface area contributed by atoms with Crippen LogP contribution in [0.2, 0.25) is 0 Å². The minimum absolute atomic E-state index is 0.112. The topological polar surface area (TPSA) is 101 Å². The number of thioether (sulfide) groups is 1. The Morgan fingerprint density at radius 3 is 2.67 bits per heavy atom. The molecule has 144 valence electrons. The van der Waals surface area contributed by atoms with Crippen molar-refractivity contribution in [1.82, 2.24) is 9.97 Å². The highest BCUT2D eigenvalue weighted by Crippen LogP contribution is 2.22. The zero-order valence-electron chi connectivity index (χ0n) is 15.7. The predicted octanol–water partition coefficient (Wildman–Crippen LogP) is 3.19. The van der Waals surface area contributed by atoms with Gasteiger partial charge in [-0.25, -0.2) is 9.78 Å². The summed E-state index contributed by atoms with van der Waals surface area (Å²) < 4.78 is 4.96. The van der Waals surface area contributed by atoms with Gasteiger partial charge in [-0.1, -0.05) is 31.7 Å². The van der Waals surface area contributed by atoms with Crippen molar-refractivity contribution in [3.8, 4) is 0 Å². The molecule has 0 saturated carbocycles. The molecule has 0 aliphatic rings. The molecule has 2 aromatic rings. The highest BCUT2D eigenvalue weighted by Gasteiger charge is 2.17. The van der Waals surface area contributed by atoms with E-state index in [-0.39, 0.29) is 24.0 Å². The molecule has 1 heterocycles. The molecule has 1 atom stereocenters. The lowest BCUT2D eigenvalue weighted by Crippen LogP contribution is -2.23. The second kappa shape index (κ2) is 9.36. The summed E-state index contributed by atoms with van der Waals surface area (Å²) in [6.07, 6.45) is 0. The van der Waals surface area contributed by atoms with E-state index in [1.165, 1.54) is 6.07 Å². The van der Waals surface area contributed by atoms with Crippen molar-refractivity contribution >= 4 is 29.3 Å². The zero-order chi connectivity index (χ0) is 20.0. The number of rotatable bonds is 7. The molecular formula is C19H23N3O4S. The molecule has 1 unspecified atom stereocenters. The molecule has 1 amide bonds. The minimum Gasteiger partial charge on any atom is -0.462 e. The molecule has 2 rings (SSSR count). The van der Waals surface area contributed by atoms with Gasteiger partial charge in [0.2, 0.25) is 5.91 Å². The Morgan fingerprint density at radius 1 is 1.26 bits per heavy atom. The lowest BCUT2D eigenvalue weighted by molar-refractivity contribution is -0.115. The van der Waals surface area contributed by atoms with Crippen molar-refractivity contribution in [2.24, 2.45) is 0 Å². The number of aromatic amines is 1. The van der Waals surface area contributed by atoms with E-state index in [0.29, 0.717) is 22.1 Å². The smallest absolute Gasteiger partial charge is 0.338 e. The van der Waals surface area contributed by atoms with Crippen LogP contribution < -0.4 is 10.9 Å². The number of nitrogens with one attached hydrogen (secondary N) is 2. The van der Waals surface area contributed by atoms with Gasteiger partial charge in [0.25, 0.3) is 5.56 Å². The highest BCUT2D eigenvalue weighted by molar-refractivity contribution is 8.00. The summed E-state index contributed by atoms with van der Waals surface area (Å²) in [6.45, 7) is 7.63. The first-order valence-corrected chi connectivity index (χ1v) is 9.54. The van der Waals surface area contributed by atoms with Crippen LogP contribution >= 0.6 is 11.8 Å². The maximum absolute atomic E-state index is 12.5. The number of ether oxygens (including phenoxy) is 1. The van der Waals surface area contributed by atoms with Crippen molar-refractivity contribution in [2.75, 3.05) is 11.9 Å². The lowest BCUT2D eigenvalue weighted by atomic mass is 10.1. The average molecular weight is 389 g/mol. The average Bonchev–Trinajstić information content (AvgIpc) is 2.61. The number of carbonyl (C=O) groups is 2. The third kappa shape index (κ3) is 5.96. The summed E-state index contributed by atoms with van der Waals surface area (Å²) >= 11 is 1.16. The van der Waals surface area contributed by atoms with Crippen molar-refractivity contribution in [3.63, 3.8) is 0 Å². The number of hydrogen-bond donors (Lipinski definition) is 2. The Kier molecular flexibility index (Phi) is 7.18. The van der Waals surface area contributed by atoms with Crippen molar-refractivity contribution in [3.05, 3.63) is 51.9 Å². The van der Waals surface area contributed by atoms with Gasteiger partial charge in [0, 0.05) is 11.8 Å². The predicted molar refractivity (Wildman–Crippen MR) is 105 cm³/mol. The molecule has 27 heavy (non-hydrogen) atoms.